The van der Waals surface area contributed by atoms with Gasteiger partial charge in [-0.05, 0) is 54.8 Å². The number of hydrogen-bond donors (Lipinski definition) is 3. The summed E-state index contributed by atoms with van der Waals surface area (Å²) < 4.78 is 41.0. The molecule has 0 saturated carbocycles. The highest BCUT2D eigenvalue weighted by atomic mass is 19.4. The first-order valence-electron chi connectivity index (χ1n) is 10.5. The van der Waals surface area contributed by atoms with Crippen LogP contribution in [0.4, 0.5) is 24.5 Å². The third-order valence-corrected chi connectivity index (χ3v) is 5.43. The lowest BCUT2D eigenvalue weighted by Crippen LogP contribution is -2.34. The van der Waals surface area contributed by atoms with Crippen molar-refractivity contribution in [1.82, 2.24) is 9.78 Å². The predicted octanol–water partition coefficient (Wildman–Crippen LogP) is 4.57. The summed E-state index contributed by atoms with van der Waals surface area (Å²) in [4.78, 5) is 14.8. The maximum Gasteiger partial charge on any atom is 0.435 e. The second-order valence-electron chi connectivity index (χ2n) is 7.75. The first-order valence-corrected chi connectivity index (χ1v) is 10.5. The van der Waals surface area contributed by atoms with Crippen LogP contribution in [0.15, 0.2) is 54.6 Å². The van der Waals surface area contributed by atoms with Crippen molar-refractivity contribution in [2.75, 3.05) is 16.8 Å². The third-order valence-electron chi connectivity index (χ3n) is 5.43. The molecule has 0 bridgehead atoms. The van der Waals surface area contributed by atoms with Gasteiger partial charge in [-0.1, -0.05) is 12.1 Å². The molecular formula is C23H23F3N6O. The predicted molar refractivity (Wildman–Crippen MR) is 120 cm³/mol. The highest BCUT2D eigenvalue weighted by Gasteiger charge is 2.36. The zero-order valence-corrected chi connectivity index (χ0v) is 17.7. The van der Waals surface area contributed by atoms with Crippen molar-refractivity contribution in [3.63, 3.8) is 0 Å². The molecule has 172 valence electrons. The number of carbonyl (C=O) groups excluding carboxylic acids is 1. The van der Waals surface area contributed by atoms with Crippen molar-refractivity contribution in [2.24, 2.45) is 5.73 Å². The van der Waals surface area contributed by atoms with Gasteiger partial charge in [0.05, 0.1) is 5.69 Å². The Kier molecular flexibility index (Phi) is 6.19. The van der Waals surface area contributed by atoms with E-state index in [9.17, 15) is 18.0 Å². The van der Waals surface area contributed by atoms with E-state index in [4.69, 9.17) is 11.1 Å². The molecule has 2 aromatic carbocycles. The van der Waals surface area contributed by atoms with Crippen molar-refractivity contribution in [3.05, 3.63) is 71.5 Å². The second kappa shape index (κ2) is 9.07. The molecule has 4 rings (SSSR count). The minimum atomic E-state index is -4.70. The summed E-state index contributed by atoms with van der Waals surface area (Å²) in [6.07, 6.45) is -2.00. The lowest BCUT2D eigenvalue weighted by molar-refractivity contribution is -0.141. The van der Waals surface area contributed by atoms with Gasteiger partial charge in [0, 0.05) is 37.0 Å². The lowest BCUT2D eigenvalue weighted by Gasteiger charge is -2.29. The van der Waals surface area contributed by atoms with E-state index in [2.05, 4.69) is 10.4 Å². The molecule has 0 unspecified atom stereocenters. The smallest absolute Gasteiger partial charge is 0.330 e. The fourth-order valence-corrected chi connectivity index (χ4v) is 3.73. The maximum atomic E-state index is 13.3. The molecule has 0 radical (unpaired) electrons. The Morgan fingerprint density at radius 2 is 1.85 bits per heavy atom. The molecule has 2 heterocycles. The number of carbonyl (C=O) groups is 1. The van der Waals surface area contributed by atoms with Gasteiger partial charge < -0.3 is 16.0 Å². The fourth-order valence-electron chi connectivity index (χ4n) is 3.73. The normalized spacial score (nSPS) is 14.4. The SMILES string of the molecule is N=C1CCCCN1c1ccc(NC(=O)c2cc(C(F)(F)F)nn2-c2cccc(CN)c2)cc1. The largest absolute Gasteiger partial charge is 0.435 e. The van der Waals surface area contributed by atoms with Gasteiger partial charge in [0.15, 0.2) is 5.69 Å². The first kappa shape index (κ1) is 22.5. The molecule has 10 heteroatoms. The number of hydrogen-bond acceptors (Lipinski definition) is 4. The van der Waals surface area contributed by atoms with Crippen LogP contribution in [-0.2, 0) is 12.7 Å². The van der Waals surface area contributed by atoms with Crippen LogP contribution in [0, 0.1) is 5.41 Å². The Hall–Kier alpha value is -3.66. The number of nitrogens with two attached hydrogens (primary N) is 1. The van der Waals surface area contributed by atoms with E-state index >= 15 is 0 Å². The van der Waals surface area contributed by atoms with Crippen molar-refractivity contribution in [3.8, 4) is 5.69 Å². The van der Waals surface area contributed by atoms with Crippen LogP contribution in [0.25, 0.3) is 5.69 Å². The Labute approximate surface area is 188 Å². The van der Waals surface area contributed by atoms with E-state index in [0.29, 0.717) is 22.8 Å². The van der Waals surface area contributed by atoms with Crippen molar-refractivity contribution in [1.29, 1.82) is 5.41 Å². The number of amides is 1. The lowest BCUT2D eigenvalue weighted by atomic mass is 10.1. The molecule has 0 spiro atoms. The third kappa shape index (κ3) is 4.90. The van der Waals surface area contributed by atoms with Crippen LogP contribution in [0.5, 0.6) is 0 Å². The molecule has 7 nitrogen and oxygen atoms in total. The summed E-state index contributed by atoms with van der Waals surface area (Å²) in [6.45, 7) is 0.954. The van der Waals surface area contributed by atoms with E-state index in [1.165, 1.54) is 0 Å². The van der Waals surface area contributed by atoms with E-state index in [1.54, 1.807) is 48.5 Å². The van der Waals surface area contributed by atoms with Gasteiger partial charge >= 0.3 is 6.18 Å². The molecule has 1 aliphatic heterocycles. The van der Waals surface area contributed by atoms with Crippen LogP contribution in [0.1, 0.15) is 41.0 Å². The summed E-state index contributed by atoms with van der Waals surface area (Å²) >= 11 is 0. The van der Waals surface area contributed by atoms with Gasteiger partial charge in [-0.15, -0.1) is 0 Å². The van der Waals surface area contributed by atoms with Crippen LogP contribution in [-0.4, -0.2) is 28.1 Å². The number of halogens is 3. The van der Waals surface area contributed by atoms with E-state index in [0.717, 1.165) is 42.2 Å². The summed E-state index contributed by atoms with van der Waals surface area (Å²) in [5.41, 5.74) is 6.48. The molecule has 0 aliphatic carbocycles. The van der Waals surface area contributed by atoms with Gasteiger partial charge in [0.2, 0.25) is 0 Å². The minimum Gasteiger partial charge on any atom is -0.330 e. The molecule has 3 aromatic rings. The van der Waals surface area contributed by atoms with Crippen LogP contribution in [0.2, 0.25) is 0 Å². The Morgan fingerprint density at radius 3 is 2.52 bits per heavy atom. The van der Waals surface area contributed by atoms with Crippen LogP contribution < -0.4 is 16.0 Å². The number of benzene rings is 2. The minimum absolute atomic E-state index is 0.198. The quantitative estimate of drug-likeness (QED) is 0.524. The molecule has 33 heavy (non-hydrogen) atoms. The Balaban J connectivity index is 1.61. The Morgan fingerprint density at radius 1 is 1.09 bits per heavy atom. The number of nitrogens with one attached hydrogen (secondary N) is 2. The zero-order valence-electron chi connectivity index (χ0n) is 17.7. The summed E-state index contributed by atoms with van der Waals surface area (Å²) in [6, 6.07) is 14.1. The molecule has 1 amide bonds. The average Bonchev–Trinajstić information content (AvgIpc) is 3.27. The van der Waals surface area contributed by atoms with Gasteiger partial charge in [0.1, 0.15) is 11.5 Å². The molecule has 0 atom stereocenters. The fraction of sp³-hybridized carbons (Fsp3) is 0.261. The molecule has 1 aromatic heterocycles. The molecule has 1 saturated heterocycles. The Bertz CT molecular complexity index is 1170. The summed E-state index contributed by atoms with van der Waals surface area (Å²) in [7, 11) is 0. The number of nitrogens with zero attached hydrogens (tertiary/aromatic N) is 3. The number of piperidine rings is 1. The van der Waals surface area contributed by atoms with Crippen molar-refractivity contribution >= 4 is 23.1 Å². The molecule has 1 aliphatic rings. The van der Waals surface area contributed by atoms with Gasteiger partial charge in [0.25, 0.3) is 5.91 Å². The highest BCUT2D eigenvalue weighted by Crippen LogP contribution is 2.30. The number of rotatable bonds is 5. The van der Waals surface area contributed by atoms with Gasteiger partial charge in [-0.2, -0.15) is 18.3 Å². The number of amidine groups is 1. The van der Waals surface area contributed by atoms with E-state index in [-0.39, 0.29) is 12.2 Å². The van der Waals surface area contributed by atoms with Crippen molar-refractivity contribution in [2.45, 2.75) is 32.0 Å². The highest BCUT2D eigenvalue weighted by molar-refractivity contribution is 6.04. The molecule has 4 N–H and O–H groups in total. The summed E-state index contributed by atoms with van der Waals surface area (Å²) in [5, 5.41) is 14.4. The van der Waals surface area contributed by atoms with Crippen LogP contribution >= 0.6 is 0 Å². The number of alkyl halides is 3. The second-order valence-corrected chi connectivity index (χ2v) is 7.75. The monoisotopic (exact) mass is 456 g/mol. The average molecular weight is 456 g/mol. The van der Waals surface area contributed by atoms with E-state index < -0.39 is 17.8 Å². The number of aromatic nitrogens is 2. The van der Waals surface area contributed by atoms with Gasteiger partial charge in [-0.25, -0.2) is 4.68 Å². The van der Waals surface area contributed by atoms with Crippen molar-refractivity contribution < 1.29 is 18.0 Å². The first-order chi connectivity index (χ1) is 15.8. The standard InChI is InChI=1S/C23H23F3N6O/c24-23(25,26)20-13-19(32(30-20)18-5-3-4-15(12-18)14-27)22(33)29-16-7-9-17(10-8-16)31-11-2-1-6-21(31)28/h3-5,7-10,12-13,28H,1-2,6,11,14,27H2,(H,29,33). The zero-order chi connectivity index (χ0) is 23.6. The van der Waals surface area contributed by atoms with Gasteiger partial charge in [-0.3, -0.25) is 10.2 Å². The molecule has 1 fully saturated rings. The summed E-state index contributed by atoms with van der Waals surface area (Å²) in [5.74, 6) is -0.184. The molecular weight excluding hydrogens is 433 g/mol. The topological polar surface area (TPSA) is 100 Å². The maximum absolute atomic E-state index is 13.3. The van der Waals surface area contributed by atoms with E-state index in [1.807, 2.05) is 4.90 Å². The number of anilines is 2. The van der Waals surface area contributed by atoms with Crippen LogP contribution in [0.3, 0.4) is 0 Å².